The molecule has 0 N–H and O–H groups in total. The van der Waals surface area contributed by atoms with Gasteiger partial charge in [0, 0.05) is 36.0 Å². The molecule has 274 valence electrons. The van der Waals surface area contributed by atoms with Gasteiger partial charge in [-0.05, 0) is 76.4 Å². The second-order valence-corrected chi connectivity index (χ2v) is 13.3. The second-order valence-electron chi connectivity index (χ2n) is 11.4. The predicted molar refractivity (Wildman–Crippen MR) is 170 cm³/mol. The van der Waals surface area contributed by atoms with Crippen molar-refractivity contribution in [1.29, 1.82) is 0 Å². The van der Waals surface area contributed by atoms with Gasteiger partial charge in [0.1, 0.15) is 12.4 Å². The summed E-state index contributed by atoms with van der Waals surface area (Å²) in [6.45, 7) is 18.7. The Morgan fingerprint density at radius 3 is 2.00 bits per heavy atom. The summed E-state index contributed by atoms with van der Waals surface area (Å²) in [7, 11) is -9.89. The molecule has 0 saturated carbocycles. The van der Waals surface area contributed by atoms with Crippen molar-refractivity contribution >= 4 is 50.9 Å². The van der Waals surface area contributed by atoms with E-state index >= 15 is 0 Å². The highest BCUT2D eigenvalue weighted by molar-refractivity contribution is 6.31. The number of nitrogens with zero attached hydrogens (tertiary/aromatic N) is 4. The Hall–Kier alpha value is -3.02. The van der Waals surface area contributed by atoms with Gasteiger partial charge in [0.25, 0.3) is 5.52 Å². The van der Waals surface area contributed by atoms with Crippen molar-refractivity contribution in [2.24, 2.45) is 0 Å². The maximum atomic E-state index is 8.49. The van der Waals surface area contributed by atoms with Crippen LogP contribution in [0.2, 0.25) is 5.02 Å². The molecule has 5 rings (SSSR count). The van der Waals surface area contributed by atoms with E-state index in [1.54, 1.807) is 0 Å². The molecule has 50 heavy (non-hydrogen) atoms. The number of oxazole rings is 1. The molecule has 1 aliphatic rings. The highest BCUT2D eigenvalue weighted by atomic mass is 35.7. The highest BCUT2D eigenvalue weighted by Crippen LogP contribution is 2.43. The average Bonchev–Trinajstić information content (AvgIpc) is 3.55. The molecular weight excluding hydrogens is 715 g/mol. The van der Waals surface area contributed by atoms with Crippen LogP contribution in [0.1, 0.15) is 46.9 Å². The number of benzene rings is 3. The number of anilines is 2. The average molecular weight is 758 g/mol. The van der Waals surface area contributed by atoms with E-state index in [2.05, 4.69) is 116 Å². The molecule has 1 aliphatic heterocycles. The third kappa shape index (κ3) is 11.2. The van der Waals surface area contributed by atoms with Gasteiger partial charge < -0.3 is 18.7 Å². The Morgan fingerprint density at radius 2 is 1.42 bits per heavy atom. The fraction of sp³-hybridized carbons (Fsp3) is 0.382. The lowest BCUT2D eigenvalue weighted by atomic mass is 10.1. The van der Waals surface area contributed by atoms with Crippen LogP contribution in [-0.2, 0) is 6.54 Å². The maximum Gasteiger partial charge on any atom is 0.374 e. The van der Waals surface area contributed by atoms with Gasteiger partial charge in [-0.15, -0.1) is 20.5 Å². The van der Waals surface area contributed by atoms with Gasteiger partial charge in [-0.25, -0.2) is 37.3 Å². The first-order chi connectivity index (χ1) is 23.5. The van der Waals surface area contributed by atoms with E-state index in [1.165, 1.54) is 48.8 Å². The van der Waals surface area contributed by atoms with Crippen LogP contribution < -0.4 is 51.6 Å². The fourth-order valence-corrected chi connectivity index (χ4v) is 6.45. The van der Waals surface area contributed by atoms with Gasteiger partial charge in [-0.1, -0.05) is 35.9 Å². The number of fused-ring (bicyclic) bond motifs is 4. The quantitative estimate of drug-likeness (QED) is 0.127. The monoisotopic (exact) mass is 756 g/mol. The summed E-state index contributed by atoms with van der Waals surface area (Å²) in [5.41, 5.74) is 4.47. The van der Waals surface area contributed by atoms with Crippen molar-refractivity contribution in [3.05, 3.63) is 83.5 Å². The van der Waals surface area contributed by atoms with E-state index in [1.807, 2.05) is 6.07 Å². The van der Waals surface area contributed by atoms with Crippen LogP contribution in [0.15, 0.2) is 77.0 Å². The van der Waals surface area contributed by atoms with Crippen LogP contribution in [0, 0.1) is 20.5 Å². The number of aromatic nitrogens is 1. The Balaban J connectivity index is 0.000000595. The maximum absolute atomic E-state index is 8.49. The lowest BCUT2D eigenvalue weighted by molar-refractivity contribution is -2.00. The fourth-order valence-electron chi connectivity index (χ4n) is 6.29. The van der Waals surface area contributed by atoms with Crippen LogP contribution in [0.4, 0.5) is 11.4 Å². The van der Waals surface area contributed by atoms with Crippen LogP contribution in [0.5, 0.6) is 0 Å². The molecule has 0 aliphatic carbocycles. The van der Waals surface area contributed by atoms with E-state index < -0.39 is 20.5 Å². The minimum atomic E-state index is -4.94. The molecule has 0 atom stereocenters. The number of halogens is 3. The number of rotatable bonds is 11. The molecule has 4 aromatic rings. The zero-order valence-corrected chi connectivity index (χ0v) is 30.9. The molecule has 1 aromatic heterocycles. The molecule has 2 heterocycles. The molecule has 0 radical (unpaired) electrons. The number of aryl methyl sites for hydroxylation is 1. The lowest BCUT2D eigenvalue weighted by Crippen LogP contribution is -2.68. The van der Waals surface area contributed by atoms with Crippen molar-refractivity contribution in [3.63, 3.8) is 0 Å². The van der Waals surface area contributed by atoms with Crippen molar-refractivity contribution in [2.45, 2.75) is 47.6 Å². The first-order valence-corrected chi connectivity index (χ1v) is 19.0. The molecule has 3 aromatic carbocycles. The number of quaternary nitrogens is 1. The van der Waals surface area contributed by atoms with E-state index in [0.29, 0.717) is 0 Å². The highest BCUT2D eigenvalue weighted by Gasteiger charge is 2.31. The van der Waals surface area contributed by atoms with Gasteiger partial charge in [0.05, 0.1) is 43.6 Å². The summed E-state index contributed by atoms with van der Waals surface area (Å²) in [5, 5.41) is 3.11. The van der Waals surface area contributed by atoms with Gasteiger partial charge in [-0.2, -0.15) is 4.57 Å². The number of hydrogen-bond donors (Lipinski definition) is 0. The number of hydrogen-bond acceptors (Lipinski definition) is 11. The molecule has 0 saturated heterocycles. The van der Waals surface area contributed by atoms with Crippen LogP contribution in [0.25, 0.3) is 27.9 Å². The largest absolute Gasteiger partial charge is 0.397 e. The molecule has 0 fully saturated rings. The SMILES string of the molecule is CCN1/C(=C/C=C/c2oc3c4ccccc4ccc3[n+]2CC)N(CCC[N+](CC)(CC)CC)c2ccc(Cl)cc21.[O-][Cl+3]([O-])([O-])[O-].[O-][Cl+3]([O-])([O-])[O-]. The van der Waals surface area contributed by atoms with Crippen molar-refractivity contribution in [2.75, 3.05) is 49.1 Å². The molecular formula is C34H43Cl3N4O9. The van der Waals surface area contributed by atoms with Gasteiger partial charge in [0.2, 0.25) is 5.58 Å². The summed E-state index contributed by atoms with van der Waals surface area (Å²) in [4.78, 5) is 4.84. The zero-order valence-electron chi connectivity index (χ0n) is 28.7. The van der Waals surface area contributed by atoms with E-state index in [-0.39, 0.29) is 0 Å². The molecule has 0 amide bonds. The van der Waals surface area contributed by atoms with Gasteiger partial charge in [-0.3, -0.25) is 0 Å². The van der Waals surface area contributed by atoms with Crippen molar-refractivity contribution < 1.29 is 71.2 Å². The third-order valence-corrected chi connectivity index (χ3v) is 9.07. The van der Waals surface area contributed by atoms with Crippen LogP contribution in [-0.4, -0.2) is 43.8 Å². The lowest BCUT2D eigenvalue weighted by Gasteiger charge is -2.36. The van der Waals surface area contributed by atoms with Crippen molar-refractivity contribution in [3.8, 4) is 0 Å². The topological polar surface area (TPSA) is 208 Å². The predicted octanol–water partition coefficient (Wildman–Crippen LogP) is -1.50. The second kappa shape index (κ2) is 18.0. The third-order valence-electron chi connectivity index (χ3n) is 8.84. The first kappa shape index (κ1) is 41.4. The Labute approximate surface area is 301 Å². The minimum Gasteiger partial charge on any atom is -0.397 e. The zero-order chi connectivity index (χ0) is 37.3. The smallest absolute Gasteiger partial charge is 0.374 e. The minimum absolute atomic E-state index is 0.770. The normalized spacial score (nSPS) is 14.3. The Bertz CT molecular complexity index is 1730. The molecule has 0 bridgehead atoms. The molecule has 16 heteroatoms. The number of allylic oxidation sites excluding steroid dienone is 2. The van der Waals surface area contributed by atoms with E-state index in [9.17, 15) is 0 Å². The summed E-state index contributed by atoms with van der Waals surface area (Å²) >= 11 is 6.46. The Morgan fingerprint density at radius 1 is 0.800 bits per heavy atom. The Kier molecular flexibility index (Phi) is 14.9. The summed E-state index contributed by atoms with van der Waals surface area (Å²) in [5.74, 6) is 2.04. The van der Waals surface area contributed by atoms with Gasteiger partial charge in [0.15, 0.2) is 0 Å². The van der Waals surface area contributed by atoms with Crippen LogP contribution >= 0.6 is 11.6 Å². The van der Waals surface area contributed by atoms with Gasteiger partial charge >= 0.3 is 5.89 Å². The molecule has 0 spiro atoms. The summed E-state index contributed by atoms with van der Waals surface area (Å²) < 4.78 is 77.8. The van der Waals surface area contributed by atoms with E-state index in [0.717, 1.165) is 57.9 Å². The molecule has 13 nitrogen and oxygen atoms in total. The summed E-state index contributed by atoms with van der Waals surface area (Å²) in [6.07, 6.45) is 7.59. The first-order valence-electron chi connectivity index (χ1n) is 16.1. The standard InChI is InChI=1S/C34H43ClN4O.2ClHO4/c1-6-36-31-25-27(35)20-22-29(31)38(23-14-24-39(8-3,9-4)10-5)32(36)17-13-18-33-37(7-2)30-21-19-26-15-11-12-16-28(26)34(30)40-33;2*2-1(3,4)5/h11-13,15-22,25H,6-10,14,23-24H2,1-5H3;2*(H,2,3,4,5)/q+2;;/p-2. The van der Waals surface area contributed by atoms with Crippen molar-refractivity contribution in [1.82, 2.24) is 0 Å². The summed E-state index contributed by atoms with van der Waals surface area (Å²) in [6, 6.07) is 19.0. The molecule has 0 unspecified atom stereocenters. The van der Waals surface area contributed by atoms with Crippen LogP contribution in [0.3, 0.4) is 0 Å². The van der Waals surface area contributed by atoms with E-state index in [4.69, 9.17) is 53.3 Å².